The summed E-state index contributed by atoms with van der Waals surface area (Å²) in [5.74, 6) is 1.03. The Morgan fingerprint density at radius 3 is 2.70 bits per heavy atom. The maximum absolute atomic E-state index is 13.8. The molecule has 3 aliphatic rings. The zero-order chi connectivity index (χ0) is 20.7. The van der Waals surface area contributed by atoms with Gasteiger partial charge in [-0.15, -0.1) is 0 Å². The number of piperidine rings is 3. The number of fused-ring (bicyclic) bond motifs is 4. The van der Waals surface area contributed by atoms with Crippen molar-refractivity contribution < 1.29 is 9.18 Å². The maximum Gasteiger partial charge on any atom is 0.223 e. The zero-order valence-electron chi connectivity index (χ0n) is 17.1. The SMILES string of the molecule is O=C1CCC[C@H]2[C@@H]3C[C@@H](CN(Cc4cc(F)ccc4Cl)C3)[C@H](Cc3ccccc3)N12. The molecule has 2 aromatic carbocycles. The number of halogens is 2. The van der Waals surface area contributed by atoms with Crippen molar-refractivity contribution in [3.05, 3.63) is 70.5 Å². The molecular formula is C25H28ClFN2O. The maximum atomic E-state index is 13.8. The van der Waals surface area contributed by atoms with Crippen molar-refractivity contribution >= 4 is 17.5 Å². The summed E-state index contributed by atoms with van der Waals surface area (Å²) < 4.78 is 13.8. The summed E-state index contributed by atoms with van der Waals surface area (Å²) in [5, 5.41) is 0.627. The lowest BCUT2D eigenvalue weighted by molar-refractivity contribution is -0.152. The van der Waals surface area contributed by atoms with Gasteiger partial charge in [0.15, 0.2) is 0 Å². The van der Waals surface area contributed by atoms with E-state index < -0.39 is 0 Å². The van der Waals surface area contributed by atoms with E-state index in [9.17, 15) is 9.18 Å². The lowest BCUT2D eigenvalue weighted by Gasteiger charge is -2.57. The summed E-state index contributed by atoms with van der Waals surface area (Å²) >= 11 is 6.36. The van der Waals surface area contributed by atoms with Crippen LogP contribution in [0.4, 0.5) is 4.39 Å². The number of nitrogens with zero attached hydrogens (tertiary/aromatic N) is 2. The first-order valence-corrected chi connectivity index (χ1v) is 11.5. The smallest absolute Gasteiger partial charge is 0.223 e. The molecule has 0 aliphatic carbocycles. The van der Waals surface area contributed by atoms with Crippen molar-refractivity contribution in [2.45, 2.75) is 50.7 Å². The minimum atomic E-state index is -0.238. The van der Waals surface area contributed by atoms with Crippen LogP contribution in [0.1, 0.15) is 36.8 Å². The topological polar surface area (TPSA) is 23.6 Å². The van der Waals surface area contributed by atoms with Gasteiger partial charge < -0.3 is 4.90 Å². The number of amides is 1. The number of carbonyl (C=O) groups excluding carboxylic acids is 1. The Morgan fingerprint density at radius 1 is 1.07 bits per heavy atom. The van der Waals surface area contributed by atoms with E-state index in [2.05, 4.69) is 34.1 Å². The summed E-state index contributed by atoms with van der Waals surface area (Å²) in [6.45, 7) is 2.55. The fraction of sp³-hybridized carbons (Fsp3) is 0.480. The monoisotopic (exact) mass is 426 g/mol. The molecule has 4 atom stereocenters. The van der Waals surface area contributed by atoms with Gasteiger partial charge in [0.25, 0.3) is 0 Å². The van der Waals surface area contributed by atoms with Crippen molar-refractivity contribution in [1.29, 1.82) is 0 Å². The molecule has 30 heavy (non-hydrogen) atoms. The number of carbonyl (C=O) groups is 1. The molecule has 2 bridgehead atoms. The zero-order valence-corrected chi connectivity index (χ0v) is 17.9. The molecule has 5 rings (SSSR count). The van der Waals surface area contributed by atoms with Crippen LogP contribution < -0.4 is 0 Å². The van der Waals surface area contributed by atoms with Crippen LogP contribution in [0.25, 0.3) is 0 Å². The van der Waals surface area contributed by atoms with Gasteiger partial charge in [0.2, 0.25) is 5.91 Å². The Hall–Kier alpha value is -1.91. The second-order valence-electron chi connectivity index (χ2n) is 9.20. The first-order valence-electron chi connectivity index (χ1n) is 11.1. The van der Waals surface area contributed by atoms with E-state index in [1.807, 2.05) is 6.07 Å². The third-order valence-electron chi connectivity index (χ3n) is 7.26. The highest BCUT2D eigenvalue weighted by Gasteiger charge is 2.49. The number of likely N-dealkylation sites (tertiary alicyclic amines) is 1. The van der Waals surface area contributed by atoms with Crippen molar-refractivity contribution in [3.8, 4) is 0 Å². The van der Waals surface area contributed by atoms with Gasteiger partial charge in [-0.05, 0) is 66.8 Å². The molecule has 158 valence electrons. The molecule has 5 heteroatoms. The Morgan fingerprint density at radius 2 is 1.87 bits per heavy atom. The fourth-order valence-corrected chi connectivity index (χ4v) is 6.20. The Labute approximate surface area is 182 Å². The van der Waals surface area contributed by atoms with E-state index in [1.165, 1.54) is 18.1 Å². The second-order valence-corrected chi connectivity index (χ2v) is 9.61. The highest BCUT2D eigenvalue weighted by atomic mass is 35.5. The van der Waals surface area contributed by atoms with Crippen LogP contribution in [0.3, 0.4) is 0 Å². The van der Waals surface area contributed by atoms with E-state index >= 15 is 0 Å². The van der Waals surface area contributed by atoms with Crippen molar-refractivity contribution in [2.75, 3.05) is 13.1 Å². The lowest BCUT2D eigenvalue weighted by atomic mass is 9.70. The van der Waals surface area contributed by atoms with Crippen molar-refractivity contribution in [3.63, 3.8) is 0 Å². The minimum absolute atomic E-state index is 0.238. The van der Waals surface area contributed by atoms with Crippen molar-refractivity contribution in [1.82, 2.24) is 9.80 Å². The molecule has 0 aromatic heterocycles. The molecule has 3 fully saturated rings. The van der Waals surface area contributed by atoms with Gasteiger partial charge in [-0.1, -0.05) is 41.9 Å². The molecule has 0 spiro atoms. The molecule has 3 nitrogen and oxygen atoms in total. The largest absolute Gasteiger partial charge is 0.336 e. The highest BCUT2D eigenvalue weighted by molar-refractivity contribution is 6.31. The third kappa shape index (κ3) is 3.88. The molecule has 0 N–H and O–H groups in total. The number of benzene rings is 2. The Balaban J connectivity index is 1.41. The van der Waals surface area contributed by atoms with Gasteiger partial charge in [0.05, 0.1) is 0 Å². The van der Waals surface area contributed by atoms with Crippen LogP contribution in [0, 0.1) is 17.7 Å². The van der Waals surface area contributed by atoms with Crippen LogP contribution >= 0.6 is 11.6 Å². The summed E-state index contributed by atoms with van der Waals surface area (Å²) in [6.07, 6.45) is 4.87. The van der Waals surface area contributed by atoms with Crippen LogP contribution in [0.15, 0.2) is 48.5 Å². The van der Waals surface area contributed by atoms with Crippen molar-refractivity contribution in [2.24, 2.45) is 11.8 Å². The Kier molecular flexibility index (Phi) is 5.55. The molecule has 3 saturated heterocycles. The number of hydrogen-bond acceptors (Lipinski definition) is 2. The summed E-state index contributed by atoms with van der Waals surface area (Å²) in [7, 11) is 0. The quantitative estimate of drug-likeness (QED) is 0.692. The van der Waals surface area contributed by atoms with E-state index in [0.29, 0.717) is 41.8 Å². The first-order chi connectivity index (χ1) is 14.6. The van der Waals surface area contributed by atoms with E-state index in [0.717, 1.165) is 37.9 Å². The van der Waals surface area contributed by atoms with Gasteiger partial charge in [0.1, 0.15) is 5.82 Å². The van der Waals surface area contributed by atoms with Gasteiger partial charge >= 0.3 is 0 Å². The number of hydrogen-bond donors (Lipinski definition) is 0. The summed E-state index contributed by atoms with van der Waals surface area (Å²) in [4.78, 5) is 17.7. The molecule has 3 heterocycles. The van der Waals surface area contributed by atoms with Crippen LogP contribution in [-0.4, -0.2) is 40.9 Å². The lowest BCUT2D eigenvalue weighted by Crippen LogP contribution is -2.65. The molecule has 0 radical (unpaired) electrons. The van der Waals surface area contributed by atoms with Crippen LogP contribution in [0.5, 0.6) is 0 Å². The normalized spacial score (nSPS) is 29.0. The minimum Gasteiger partial charge on any atom is -0.336 e. The molecule has 0 saturated carbocycles. The number of rotatable bonds is 4. The molecule has 3 aliphatic heterocycles. The molecular weight excluding hydrogens is 399 g/mol. The van der Waals surface area contributed by atoms with Gasteiger partial charge in [-0.2, -0.15) is 0 Å². The van der Waals surface area contributed by atoms with Gasteiger partial charge in [-0.3, -0.25) is 9.69 Å². The predicted molar refractivity (Wildman–Crippen MR) is 117 cm³/mol. The summed E-state index contributed by atoms with van der Waals surface area (Å²) in [6, 6.07) is 15.7. The molecule has 0 unspecified atom stereocenters. The first kappa shape index (κ1) is 20.0. The molecule has 2 aromatic rings. The predicted octanol–water partition coefficient (Wildman–Crippen LogP) is 4.92. The fourth-order valence-electron chi connectivity index (χ4n) is 6.02. The highest BCUT2D eigenvalue weighted by Crippen LogP contribution is 2.43. The van der Waals surface area contributed by atoms with Gasteiger partial charge in [-0.25, -0.2) is 4.39 Å². The third-order valence-corrected chi connectivity index (χ3v) is 7.63. The van der Waals surface area contributed by atoms with Crippen LogP contribution in [-0.2, 0) is 17.8 Å². The standard InChI is InChI=1S/C25H28ClFN2O/c26-22-10-9-21(27)13-18(22)14-28-15-19-12-20(16-28)24(11-17-5-2-1-3-6-17)29-23(19)7-4-8-25(29)30/h1-3,5-6,9-10,13,19-20,23-24H,4,7-8,11-12,14-16H2/t19-,20+,23+,24+/m1/s1. The van der Waals surface area contributed by atoms with Crippen LogP contribution in [0.2, 0.25) is 5.02 Å². The van der Waals surface area contributed by atoms with E-state index in [-0.39, 0.29) is 11.9 Å². The second kappa shape index (κ2) is 8.32. The molecule has 1 amide bonds. The average molecular weight is 427 g/mol. The Bertz CT molecular complexity index is 921. The van der Waals surface area contributed by atoms with E-state index in [1.54, 1.807) is 12.1 Å². The van der Waals surface area contributed by atoms with Gasteiger partial charge in [0, 0.05) is 43.2 Å². The van der Waals surface area contributed by atoms with E-state index in [4.69, 9.17) is 11.6 Å². The average Bonchev–Trinajstić information content (AvgIpc) is 2.75. The summed E-state index contributed by atoms with van der Waals surface area (Å²) in [5.41, 5.74) is 2.15.